The molecule has 0 spiro atoms. The van der Waals surface area contributed by atoms with Crippen LogP contribution >= 0.6 is 11.3 Å². The maximum atomic E-state index is 14.8. The molecule has 20 heteroatoms. The highest BCUT2D eigenvalue weighted by atomic mass is 32.1. The van der Waals surface area contributed by atoms with E-state index < -0.39 is 95.8 Å². The fourth-order valence-electron chi connectivity index (χ4n) is 7.87. The van der Waals surface area contributed by atoms with Gasteiger partial charge in [0.15, 0.2) is 0 Å². The third kappa shape index (κ3) is 16.0. The molecule has 2 aliphatic rings. The lowest BCUT2D eigenvalue weighted by Crippen LogP contribution is -2.60. The minimum atomic E-state index is -2.12. The molecule has 0 radical (unpaired) electrons. The number of benzene rings is 4. The number of amides is 6. The summed E-state index contributed by atoms with van der Waals surface area (Å²) in [6.07, 6.45) is -4.45. The molecule has 1 aromatic heterocycles. The molecule has 4 aromatic carbocycles. The van der Waals surface area contributed by atoms with E-state index in [4.69, 9.17) is 9.47 Å². The molecule has 3 heterocycles. The van der Waals surface area contributed by atoms with Gasteiger partial charge >= 0.3 is 17.9 Å². The van der Waals surface area contributed by atoms with E-state index in [1.54, 1.807) is 60.0 Å². The van der Waals surface area contributed by atoms with Crippen LogP contribution in [0.15, 0.2) is 127 Å². The Morgan fingerprint density at radius 2 is 1.19 bits per heavy atom. The Kier molecular flexibility index (Phi) is 19.0. The molecule has 0 unspecified atom stereocenters. The molecule has 6 amide bonds. The van der Waals surface area contributed by atoms with Crippen LogP contribution in [-0.2, 0) is 84.7 Å². The van der Waals surface area contributed by atoms with E-state index in [1.807, 2.05) is 50.3 Å². The lowest BCUT2D eigenvalue weighted by molar-refractivity contribution is -0.173. The predicted octanol–water partition coefficient (Wildman–Crippen LogP) is 1.23. The van der Waals surface area contributed by atoms with Gasteiger partial charge in [-0.15, -0.1) is 11.3 Å². The van der Waals surface area contributed by atoms with Crippen molar-refractivity contribution in [2.24, 2.45) is 0 Å². The van der Waals surface area contributed by atoms with Gasteiger partial charge in [0.1, 0.15) is 38.1 Å². The van der Waals surface area contributed by atoms with Crippen molar-refractivity contribution in [2.75, 3.05) is 5.32 Å². The van der Waals surface area contributed by atoms with Gasteiger partial charge in [-0.2, -0.15) is 0 Å². The van der Waals surface area contributed by atoms with Crippen molar-refractivity contribution in [3.63, 3.8) is 0 Å². The molecular formula is C52H55BN6O12S. The number of anilines is 1. The van der Waals surface area contributed by atoms with Crippen LogP contribution in [0.25, 0.3) is 0 Å². The number of hydrogen-bond donors (Lipinski definition) is 7. The second-order valence-corrected chi connectivity index (χ2v) is 18.3. The molecule has 0 aliphatic carbocycles. The van der Waals surface area contributed by atoms with Crippen LogP contribution in [0.2, 0.25) is 0 Å². The fourth-order valence-corrected chi connectivity index (χ4v) is 8.62. The largest absolute Gasteiger partial charge is 0.480 e. The Hall–Kier alpha value is -8.13. The van der Waals surface area contributed by atoms with Crippen LogP contribution in [-0.4, -0.2) is 109 Å². The van der Waals surface area contributed by atoms with Crippen molar-refractivity contribution in [3.8, 4) is 0 Å². The minimum Gasteiger partial charge on any atom is -0.480 e. The number of ether oxygens (including phenoxy) is 2. The van der Waals surface area contributed by atoms with Gasteiger partial charge in [-0.05, 0) is 58.7 Å². The summed E-state index contributed by atoms with van der Waals surface area (Å²) in [4.78, 5) is 125. The lowest BCUT2D eigenvalue weighted by Gasteiger charge is -2.28. The average Bonchev–Trinajstić information content (AvgIpc) is 3.87. The van der Waals surface area contributed by atoms with Crippen LogP contribution in [0, 0.1) is 0 Å². The Labute approximate surface area is 420 Å². The highest BCUT2D eigenvalue weighted by Gasteiger charge is 2.42. The zero-order valence-corrected chi connectivity index (χ0v) is 40.6. The molecule has 5 aromatic rings. The quantitative estimate of drug-likeness (QED) is 0.0471. The predicted molar refractivity (Wildman–Crippen MR) is 268 cm³/mol. The fraction of sp³-hybridized carbons (Fsp3) is 0.288. The molecular weight excluding hydrogens is 943 g/mol. The molecule has 18 nitrogen and oxygen atoms in total. The summed E-state index contributed by atoms with van der Waals surface area (Å²) < 4.78 is 10.7. The monoisotopic (exact) mass is 998 g/mol. The number of fused-ring (bicyclic) bond motifs is 18. The Morgan fingerprint density at radius 3 is 1.78 bits per heavy atom. The highest BCUT2D eigenvalue weighted by molar-refractivity contribution is 7.09. The molecule has 7 atom stereocenters. The van der Waals surface area contributed by atoms with Gasteiger partial charge in [0.25, 0.3) is 11.8 Å². The number of carboxylic acids is 1. The number of esters is 2. The zero-order valence-electron chi connectivity index (χ0n) is 39.8. The van der Waals surface area contributed by atoms with Crippen molar-refractivity contribution >= 4 is 83.7 Å². The van der Waals surface area contributed by atoms with Gasteiger partial charge in [0.2, 0.25) is 35.8 Å². The summed E-state index contributed by atoms with van der Waals surface area (Å²) in [5, 5.41) is 28.0. The summed E-state index contributed by atoms with van der Waals surface area (Å²) in [5.74, 6) is -8.97. The smallest absolute Gasteiger partial charge is 0.326 e. The molecule has 2 bridgehead atoms. The summed E-state index contributed by atoms with van der Waals surface area (Å²) in [7, 11) is 1.88. The first-order chi connectivity index (χ1) is 34.5. The van der Waals surface area contributed by atoms with Crippen LogP contribution in [0.1, 0.15) is 47.4 Å². The number of carbonyl (C=O) groups excluding carboxylic acids is 8. The third-order valence-corrected chi connectivity index (χ3v) is 12.5. The first kappa shape index (κ1) is 53.2. The summed E-state index contributed by atoms with van der Waals surface area (Å²) in [6, 6.07) is 27.2. The molecule has 72 heavy (non-hydrogen) atoms. The van der Waals surface area contributed by atoms with Crippen molar-refractivity contribution in [1.29, 1.82) is 0 Å². The Bertz CT molecular complexity index is 2710. The summed E-state index contributed by atoms with van der Waals surface area (Å²) in [5.41, 5.74) is 3.52. The van der Waals surface area contributed by atoms with E-state index in [2.05, 4.69) is 31.9 Å². The van der Waals surface area contributed by atoms with Crippen molar-refractivity contribution in [1.82, 2.24) is 26.6 Å². The highest BCUT2D eigenvalue weighted by Crippen LogP contribution is 2.18. The van der Waals surface area contributed by atoms with Crippen molar-refractivity contribution < 1.29 is 57.7 Å². The summed E-state index contributed by atoms with van der Waals surface area (Å²) in [6.45, 7) is 1.96. The van der Waals surface area contributed by atoms with E-state index in [9.17, 15) is 48.3 Å². The molecule has 374 valence electrons. The van der Waals surface area contributed by atoms with E-state index in [-0.39, 0.29) is 44.2 Å². The van der Waals surface area contributed by atoms with Crippen LogP contribution in [0.5, 0.6) is 0 Å². The number of thiophene rings is 1. The number of aryl methyl sites for hydroxylation is 1. The second kappa shape index (κ2) is 25.6. The van der Waals surface area contributed by atoms with E-state index >= 15 is 0 Å². The van der Waals surface area contributed by atoms with E-state index in [0.717, 1.165) is 24.9 Å². The minimum absolute atomic E-state index is 0.0133. The molecule has 2 aliphatic heterocycles. The molecule has 0 saturated carbocycles. The van der Waals surface area contributed by atoms with Crippen molar-refractivity contribution in [2.45, 2.75) is 94.8 Å². The third-order valence-electron chi connectivity index (χ3n) is 11.6. The van der Waals surface area contributed by atoms with Crippen LogP contribution in [0.4, 0.5) is 5.69 Å². The number of carboxylic acid groups (broad SMARTS) is 1. The lowest BCUT2D eigenvalue weighted by atomic mass is 9.93. The first-order valence-corrected chi connectivity index (χ1v) is 24.0. The zero-order chi connectivity index (χ0) is 51.7. The maximum absolute atomic E-state index is 14.8. The number of nitrogens with one attached hydrogen (secondary N) is 6. The van der Waals surface area contributed by atoms with Gasteiger partial charge < -0.3 is 46.5 Å². The molecule has 0 fully saturated rings. The SMILES string of the molecule is Bc1ccc(C[C@H]2NC(=O)[C@H](Cc3cccs3)NC(=O)[C@H](OC(C)=O)[C@@H](OC(C)=O)C(=O)Nc3ccc(cc3)C[C@H](C(=O)N[C@@H](Cc3ccccc3)C(=O)O)NC(=O)[C@H](CCc3ccccc3)NC2=O)cc1. The van der Waals surface area contributed by atoms with Crippen LogP contribution < -0.4 is 37.4 Å². The van der Waals surface area contributed by atoms with Crippen LogP contribution in [0.3, 0.4) is 0 Å². The van der Waals surface area contributed by atoms with E-state index in [0.29, 0.717) is 21.6 Å². The van der Waals surface area contributed by atoms with E-state index in [1.165, 1.54) is 35.6 Å². The number of carbonyl (C=O) groups is 9. The first-order valence-electron chi connectivity index (χ1n) is 23.2. The molecule has 7 N–H and O–H groups in total. The Balaban J connectivity index is 1.44. The normalized spacial score (nSPS) is 20.4. The van der Waals surface area contributed by atoms with Gasteiger partial charge in [-0.3, -0.25) is 38.4 Å². The molecule has 0 saturated heterocycles. The second-order valence-electron chi connectivity index (χ2n) is 17.3. The number of aliphatic carboxylic acids is 1. The van der Waals surface area contributed by atoms with Crippen molar-refractivity contribution in [3.05, 3.63) is 154 Å². The topological polar surface area (TPSA) is 264 Å². The van der Waals surface area contributed by atoms with Gasteiger partial charge in [-0.25, -0.2) is 4.79 Å². The molecule has 7 rings (SSSR count). The van der Waals surface area contributed by atoms with Gasteiger partial charge in [0.05, 0.1) is 0 Å². The maximum Gasteiger partial charge on any atom is 0.326 e. The van der Waals surface area contributed by atoms with Gasteiger partial charge in [0, 0.05) is 50.1 Å². The van der Waals surface area contributed by atoms with Gasteiger partial charge in [-0.1, -0.05) is 109 Å². The standard InChI is InChI=1S/C52H55BN6O12S/c1-30(60)70-44-45(71-31(2)61)51(67)58-42(29-38-14-9-25-72-38)49(65)57-40(26-34-15-20-36(53)21-16-34)47(63)55-39(24-19-32-10-5-3-6-11-32)46(62)56-41(27-35-17-22-37(23-18-35)54-50(44)66)48(64)59-43(52(68)69)28-33-12-7-4-8-13-33/h3-18,20-23,25,39-45H,19,24,26-29,53H2,1-2H3,(H,54,66)(H,55,63)(H,56,62)(H,57,65)(H,58,67)(H,59,64)(H,68,69)/t39-,40+,41+,42-,43-,44+,45+/m0/s1. The average molecular weight is 999 g/mol. The number of rotatable bonds is 14. The Morgan fingerprint density at radius 1 is 0.639 bits per heavy atom. The number of hydrogen-bond acceptors (Lipinski definition) is 12. The summed E-state index contributed by atoms with van der Waals surface area (Å²) >= 11 is 1.26.